The van der Waals surface area contributed by atoms with Gasteiger partial charge in [0.05, 0.1) is 0 Å². The third-order valence-corrected chi connectivity index (χ3v) is 3.31. The van der Waals surface area contributed by atoms with Gasteiger partial charge < -0.3 is 10.2 Å². The third-order valence-electron chi connectivity index (χ3n) is 3.31. The predicted octanol–water partition coefficient (Wildman–Crippen LogP) is 2.11. The second-order valence-electron chi connectivity index (χ2n) is 4.80. The first-order chi connectivity index (χ1) is 6.75. The smallest absolute Gasteiger partial charge is 0.0119 e. The molecule has 84 valence electrons. The van der Waals surface area contributed by atoms with Gasteiger partial charge in [0.15, 0.2) is 0 Å². The van der Waals surface area contributed by atoms with Gasteiger partial charge in [-0.25, -0.2) is 0 Å². The number of likely N-dealkylation sites (tertiary alicyclic amines) is 1. The van der Waals surface area contributed by atoms with Crippen molar-refractivity contribution in [2.24, 2.45) is 5.92 Å². The molecule has 0 saturated carbocycles. The highest BCUT2D eigenvalue weighted by molar-refractivity contribution is 4.81. The van der Waals surface area contributed by atoms with E-state index in [1.54, 1.807) is 0 Å². The number of hydrogen-bond donors (Lipinski definition) is 1. The molecule has 1 atom stereocenters. The summed E-state index contributed by atoms with van der Waals surface area (Å²) in [4.78, 5) is 2.69. The fraction of sp³-hybridized carbons (Fsp3) is 1.00. The molecule has 1 heterocycles. The van der Waals surface area contributed by atoms with Crippen molar-refractivity contribution in [2.75, 3.05) is 26.7 Å². The van der Waals surface area contributed by atoms with Crippen LogP contribution < -0.4 is 5.32 Å². The first-order valence-corrected chi connectivity index (χ1v) is 6.14. The van der Waals surface area contributed by atoms with Crippen LogP contribution in [0.4, 0.5) is 0 Å². The second kappa shape index (κ2) is 6.41. The summed E-state index contributed by atoms with van der Waals surface area (Å²) in [6.07, 6.45) is 5.50. The maximum absolute atomic E-state index is 3.21. The van der Waals surface area contributed by atoms with Crippen LogP contribution in [-0.2, 0) is 0 Å². The van der Waals surface area contributed by atoms with Crippen molar-refractivity contribution in [1.82, 2.24) is 10.2 Å². The standard InChI is InChI=1S/C12H26N2/c1-11(2)12-7-6-10-14(12)9-5-4-8-13-3/h11-13H,4-10H2,1-3H3. The van der Waals surface area contributed by atoms with Crippen molar-refractivity contribution in [3.05, 3.63) is 0 Å². The monoisotopic (exact) mass is 198 g/mol. The Hall–Kier alpha value is -0.0800. The lowest BCUT2D eigenvalue weighted by Gasteiger charge is -2.27. The van der Waals surface area contributed by atoms with Crippen molar-refractivity contribution in [3.63, 3.8) is 0 Å². The van der Waals surface area contributed by atoms with Crippen molar-refractivity contribution in [2.45, 2.75) is 45.6 Å². The van der Waals surface area contributed by atoms with E-state index in [1.807, 2.05) is 7.05 Å². The predicted molar refractivity (Wildman–Crippen MR) is 62.6 cm³/mol. The van der Waals surface area contributed by atoms with Crippen LogP contribution in [0.5, 0.6) is 0 Å². The lowest BCUT2D eigenvalue weighted by atomic mass is 10.0. The number of rotatable bonds is 6. The summed E-state index contributed by atoms with van der Waals surface area (Å²) in [5.74, 6) is 0.835. The molecule has 2 heteroatoms. The molecule has 1 rings (SSSR count). The lowest BCUT2D eigenvalue weighted by Crippen LogP contribution is -2.34. The van der Waals surface area contributed by atoms with Gasteiger partial charge in [-0.3, -0.25) is 0 Å². The molecule has 1 unspecified atom stereocenters. The quantitative estimate of drug-likeness (QED) is 0.658. The molecule has 1 fully saturated rings. The van der Waals surface area contributed by atoms with Crippen LogP contribution in [-0.4, -0.2) is 37.6 Å². The average Bonchev–Trinajstić information content (AvgIpc) is 2.60. The molecule has 0 aliphatic carbocycles. The molecule has 0 aromatic heterocycles. The Morgan fingerprint density at radius 3 is 2.79 bits per heavy atom. The maximum Gasteiger partial charge on any atom is 0.0119 e. The first kappa shape index (κ1) is 12.0. The topological polar surface area (TPSA) is 15.3 Å². The van der Waals surface area contributed by atoms with Gasteiger partial charge in [-0.2, -0.15) is 0 Å². The molecule has 0 spiro atoms. The van der Waals surface area contributed by atoms with Gasteiger partial charge in [0.2, 0.25) is 0 Å². The van der Waals surface area contributed by atoms with Crippen molar-refractivity contribution < 1.29 is 0 Å². The largest absolute Gasteiger partial charge is 0.320 e. The zero-order valence-corrected chi connectivity index (χ0v) is 10.1. The molecular weight excluding hydrogens is 172 g/mol. The molecule has 2 nitrogen and oxygen atoms in total. The average molecular weight is 198 g/mol. The Kier molecular flexibility index (Phi) is 5.49. The molecule has 1 aliphatic rings. The molecule has 14 heavy (non-hydrogen) atoms. The van der Waals surface area contributed by atoms with Gasteiger partial charge in [-0.15, -0.1) is 0 Å². The highest BCUT2D eigenvalue weighted by Gasteiger charge is 2.25. The van der Waals surface area contributed by atoms with E-state index in [9.17, 15) is 0 Å². The van der Waals surface area contributed by atoms with Crippen LogP contribution in [0, 0.1) is 5.92 Å². The fourth-order valence-corrected chi connectivity index (χ4v) is 2.50. The van der Waals surface area contributed by atoms with Crippen LogP contribution in [0.1, 0.15) is 39.5 Å². The van der Waals surface area contributed by atoms with Gasteiger partial charge in [0, 0.05) is 6.04 Å². The van der Waals surface area contributed by atoms with E-state index in [-0.39, 0.29) is 0 Å². The van der Waals surface area contributed by atoms with Gasteiger partial charge in [-0.1, -0.05) is 13.8 Å². The Morgan fingerprint density at radius 1 is 1.36 bits per heavy atom. The summed E-state index contributed by atoms with van der Waals surface area (Å²) in [5.41, 5.74) is 0. The number of nitrogens with one attached hydrogen (secondary N) is 1. The van der Waals surface area contributed by atoms with E-state index in [0.29, 0.717) is 0 Å². The summed E-state index contributed by atoms with van der Waals surface area (Å²) in [6, 6.07) is 0.865. The van der Waals surface area contributed by atoms with Crippen LogP contribution in [0.15, 0.2) is 0 Å². The lowest BCUT2D eigenvalue weighted by molar-refractivity contribution is 0.203. The normalized spacial score (nSPS) is 23.6. The van der Waals surface area contributed by atoms with Crippen LogP contribution in [0.25, 0.3) is 0 Å². The van der Waals surface area contributed by atoms with Gasteiger partial charge in [-0.05, 0) is 58.3 Å². The molecule has 0 radical (unpaired) electrons. The molecule has 0 aromatic rings. The minimum absolute atomic E-state index is 0.835. The van der Waals surface area contributed by atoms with E-state index >= 15 is 0 Å². The molecule has 1 saturated heterocycles. The molecule has 0 amide bonds. The number of unbranched alkanes of at least 4 members (excludes halogenated alkanes) is 1. The highest BCUT2D eigenvalue weighted by atomic mass is 15.2. The third kappa shape index (κ3) is 3.58. The van der Waals surface area contributed by atoms with E-state index in [4.69, 9.17) is 0 Å². The summed E-state index contributed by atoms with van der Waals surface area (Å²) in [5, 5.41) is 3.21. The van der Waals surface area contributed by atoms with Crippen LogP contribution in [0.3, 0.4) is 0 Å². The van der Waals surface area contributed by atoms with Gasteiger partial charge in [0.1, 0.15) is 0 Å². The van der Waals surface area contributed by atoms with Gasteiger partial charge in [0.25, 0.3) is 0 Å². The Labute approximate surface area is 89.1 Å². The number of nitrogens with zero attached hydrogens (tertiary/aromatic N) is 1. The minimum atomic E-state index is 0.835. The van der Waals surface area contributed by atoms with Gasteiger partial charge >= 0.3 is 0 Å². The van der Waals surface area contributed by atoms with Crippen molar-refractivity contribution >= 4 is 0 Å². The molecular formula is C12H26N2. The number of hydrogen-bond acceptors (Lipinski definition) is 2. The summed E-state index contributed by atoms with van der Waals surface area (Å²) in [6.45, 7) is 8.53. The highest BCUT2D eigenvalue weighted by Crippen LogP contribution is 2.23. The SMILES string of the molecule is CNCCCCN1CCCC1C(C)C. The van der Waals surface area contributed by atoms with Crippen LogP contribution >= 0.6 is 0 Å². The van der Waals surface area contributed by atoms with E-state index in [2.05, 4.69) is 24.1 Å². The van der Waals surface area contributed by atoms with Crippen molar-refractivity contribution in [1.29, 1.82) is 0 Å². The Balaban J connectivity index is 2.16. The maximum atomic E-state index is 3.21. The summed E-state index contributed by atoms with van der Waals surface area (Å²) >= 11 is 0. The Bertz CT molecular complexity index is 145. The fourth-order valence-electron chi connectivity index (χ4n) is 2.50. The molecule has 1 N–H and O–H groups in total. The van der Waals surface area contributed by atoms with E-state index < -0.39 is 0 Å². The summed E-state index contributed by atoms with van der Waals surface area (Å²) < 4.78 is 0. The van der Waals surface area contributed by atoms with Crippen molar-refractivity contribution in [3.8, 4) is 0 Å². The Morgan fingerprint density at radius 2 is 2.14 bits per heavy atom. The van der Waals surface area contributed by atoms with E-state index in [1.165, 1.54) is 45.3 Å². The molecule has 1 aliphatic heterocycles. The zero-order chi connectivity index (χ0) is 10.4. The van der Waals surface area contributed by atoms with E-state index in [0.717, 1.165) is 12.0 Å². The zero-order valence-electron chi connectivity index (χ0n) is 10.1. The van der Waals surface area contributed by atoms with Crippen LogP contribution in [0.2, 0.25) is 0 Å². The second-order valence-corrected chi connectivity index (χ2v) is 4.80. The minimum Gasteiger partial charge on any atom is -0.320 e. The molecule has 0 bridgehead atoms. The molecule has 0 aromatic carbocycles. The first-order valence-electron chi connectivity index (χ1n) is 6.14. The summed E-state index contributed by atoms with van der Waals surface area (Å²) in [7, 11) is 2.03.